The molecule has 7 heteroatoms. The summed E-state index contributed by atoms with van der Waals surface area (Å²) in [7, 11) is -3.47. The maximum absolute atomic E-state index is 11.8. The van der Waals surface area contributed by atoms with E-state index in [1.165, 1.54) is 0 Å². The van der Waals surface area contributed by atoms with Crippen LogP contribution in [0.4, 0.5) is 11.5 Å². The molecule has 0 fully saturated rings. The van der Waals surface area contributed by atoms with Crippen LogP contribution >= 0.6 is 0 Å². The molecule has 1 heterocycles. The van der Waals surface area contributed by atoms with Gasteiger partial charge in [0, 0.05) is 0 Å². The molecule has 86 valence electrons. The SMILES string of the molecule is Cc1[nH]nc(NS(=O)(=O)C(C)(C)C)c1N. The van der Waals surface area contributed by atoms with Gasteiger partial charge in [-0.05, 0) is 27.7 Å². The average molecular weight is 232 g/mol. The van der Waals surface area contributed by atoms with E-state index in [9.17, 15) is 8.42 Å². The molecule has 1 aromatic heterocycles. The van der Waals surface area contributed by atoms with Crippen molar-refractivity contribution >= 4 is 21.5 Å². The molecule has 0 saturated carbocycles. The molecule has 0 aliphatic carbocycles. The standard InChI is InChI=1S/C8H16N4O2S/c1-5-6(9)7(11-10-5)12-15(13,14)8(2,3)4/h9H2,1-4H3,(H2,10,11,12). The molecule has 15 heavy (non-hydrogen) atoms. The Labute approximate surface area is 89.3 Å². The number of rotatable bonds is 2. The molecule has 6 nitrogen and oxygen atoms in total. The van der Waals surface area contributed by atoms with Gasteiger partial charge in [-0.1, -0.05) is 0 Å². The predicted molar refractivity (Wildman–Crippen MR) is 60.0 cm³/mol. The Hall–Kier alpha value is -1.24. The molecule has 0 atom stereocenters. The molecule has 4 N–H and O–H groups in total. The van der Waals surface area contributed by atoms with Gasteiger partial charge in [0.15, 0.2) is 5.82 Å². The number of nitrogens with zero attached hydrogens (tertiary/aromatic N) is 1. The van der Waals surface area contributed by atoms with E-state index in [0.717, 1.165) is 0 Å². The third-order valence-electron chi connectivity index (χ3n) is 2.03. The fraction of sp³-hybridized carbons (Fsp3) is 0.625. The van der Waals surface area contributed by atoms with E-state index in [1.54, 1.807) is 27.7 Å². The lowest BCUT2D eigenvalue weighted by atomic mass is 10.3. The Kier molecular flexibility index (Phi) is 2.69. The number of nitrogen functional groups attached to an aromatic ring is 1. The zero-order valence-corrected chi connectivity index (χ0v) is 10.1. The second kappa shape index (κ2) is 3.41. The van der Waals surface area contributed by atoms with Gasteiger partial charge in [0.2, 0.25) is 10.0 Å². The van der Waals surface area contributed by atoms with E-state index < -0.39 is 14.8 Å². The number of aromatic amines is 1. The third kappa shape index (κ3) is 2.23. The molecule has 0 aromatic carbocycles. The van der Waals surface area contributed by atoms with Crippen LogP contribution in [0.1, 0.15) is 26.5 Å². The smallest absolute Gasteiger partial charge is 0.238 e. The summed E-state index contributed by atoms with van der Waals surface area (Å²) >= 11 is 0. The van der Waals surface area contributed by atoms with Crippen molar-refractivity contribution in [2.45, 2.75) is 32.4 Å². The fourth-order valence-electron chi connectivity index (χ4n) is 0.796. The van der Waals surface area contributed by atoms with Crippen molar-refractivity contribution in [3.05, 3.63) is 5.69 Å². The average Bonchev–Trinajstić information content (AvgIpc) is 2.33. The van der Waals surface area contributed by atoms with Gasteiger partial charge in [0.05, 0.1) is 16.1 Å². The summed E-state index contributed by atoms with van der Waals surface area (Å²) in [5, 5.41) is 6.38. The minimum absolute atomic E-state index is 0.155. The summed E-state index contributed by atoms with van der Waals surface area (Å²) in [6, 6.07) is 0. The highest BCUT2D eigenvalue weighted by Gasteiger charge is 2.30. The van der Waals surface area contributed by atoms with Gasteiger partial charge < -0.3 is 5.73 Å². The maximum atomic E-state index is 11.8. The first-order valence-corrected chi connectivity index (χ1v) is 5.96. The van der Waals surface area contributed by atoms with Gasteiger partial charge in [0.25, 0.3) is 0 Å². The van der Waals surface area contributed by atoms with Crippen molar-refractivity contribution in [1.82, 2.24) is 10.2 Å². The largest absolute Gasteiger partial charge is 0.394 e. The lowest BCUT2D eigenvalue weighted by Crippen LogP contribution is -2.34. The molecule has 0 bridgehead atoms. The van der Waals surface area contributed by atoms with E-state index in [2.05, 4.69) is 14.9 Å². The van der Waals surface area contributed by atoms with Crippen molar-refractivity contribution in [2.24, 2.45) is 0 Å². The Morgan fingerprint density at radius 1 is 1.40 bits per heavy atom. The van der Waals surface area contributed by atoms with E-state index in [1.807, 2.05) is 0 Å². The van der Waals surface area contributed by atoms with Gasteiger partial charge in [-0.2, -0.15) is 5.10 Å². The highest BCUT2D eigenvalue weighted by molar-refractivity contribution is 7.94. The van der Waals surface area contributed by atoms with Crippen molar-refractivity contribution < 1.29 is 8.42 Å². The summed E-state index contributed by atoms with van der Waals surface area (Å²) < 4.78 is 25.0. The molecule has 1 rings (SSSR count). The van der Waals surface area contributed by atoms with Crippen molar-refractivity contribution in [1.29, 1.82) is 0 Å². The van der Waals surface area contributed by atoms with Crippen LogP contribution in [-0.4, -0.2) is 23.4 Å². The molecule has 0 spiro atoms. The third-order valence-corrected chi connectivity index (χ3v) is 4.11. The number of hydrogen-bond acceptors (Lipinski definition) is 4. The van der Waals surface area contributed by atoms with Crippen molar-refractivity contribution in [2.75, 3.05) is 10.5 Å². The molecule has 0 aliphatic rings. The van der Waals surface area contributed by atoms with Crippen LogP contribution in [0, 0.1) is 6.92 Å². The van der Waals surface area contributed by atoms with Crippen molar-refractivity contribution in [3.63, 3.8) is 0 Å². The van der Waals surface area contributed by atoms with Crippen LogP contribution in [0.2, 0.25) is 0 Å². The van der Waals surface area contributed by atoms with Crippen LogP contribution in [0.5, 0.6) is 0 Å². The predicted octanol–water partition coefficient (Wildman–Crippen LogP) is 0.841. The summed E-state index contributed by atoms with van der Waals surface area (Å²) in [6.07, 6.45) is 0. The Bertz CT molecular complexity index is 455. The topological polar surface area (TPSA) is 101 Å². The number of nitrogens with two attached hydrogens (primary N) is 1. The number of H-pyrrole nitrogens is 1. The fourth-order valence-corrected chi connectivity index (χ4v) is 1.51. The van der Waals surface area contributed by atoms with Gasteiger partial charge in [-0.15, -0.1) is 0 Å². The monoisotopic (exact) mass is 232 g/mol. The lowest BCUT2D eigenvalue weighted by molar-refractivity contribution is 0.566. The number of anilines is 2. The molecular formula is C8H16N4O2S. The Balaban J connectivity index is 3.03. The van der Waals surface area contributed by atoms with E-state index in [0.29, 0.717) is 11.4 Å². The lowest BCUT2D eigenvalue weighted by Gasteiger charge is -2.19. The second-order valence-electron chi connectivity index (χ2n) is 4.33. The molecule has 0 aliphatic heterocycles. The molecule has 0 saturated heterocycles. The molecule has 1 aromatic rings. The zero-order chi connectivity index (χ0) is 11.9. The maximum Gasteiger partial charge on any atom is 0.238 e. The number of sulfonamides is 1. The van der Waals surface area contributed by atoms with E-state index >= 15 is 0 Å². The molecule has 0 radical (unpaired) electrons. The minimum Gasteiger partial charge on any atom is -0.394 e. The van der Waals surface area contributed by atoms with Crippen LogP contribution in [-0.2, 0) is 10.0 Å². The van der Waals surface area contributed by atoms with Gasteiger partial charge >= 0.3 is 0 Å². The van der Waals surface area contributed by atoms with Gasteiger partial charge in [-0.3, -0.25) is 9.82 Å². The second-order valence-corrected chi connectivity index (χ2v) is 6.76. The molecule has 0 unspecified atom stereocenters. The summed E-state index contributed by atoms with van der Waals surface area (Å²) in [5.74, 6) is 0.155. The quantitative estimate of drug-likeness (QED) is 0.703. The van der Waals surface area contributed by atoms with Crippen LogP contribution in [0.25, 0.3) is 0 Å². The van der Waals surface area contributed by atoms with Gasteiger partial charge in [0.1, 0.15) is 0 Å². The van der Waals surface area contributed by atoms with Gasteiger partial charge in [-0.25, -0.2) is 8.42 Å². The van der Waals surface area contributed by atoms with E-state index in [-0.39, 0.29) is 5.82 Å². The first-order valence-electron chi connectivity index (χ1n) is 4.48. The van der Waals surface area contributed by atoms with Crippen molar-refractivity contribution in [3.8, 4) is 0 Å². The van der Waals surface area contributed by atoms with Crippen LogP contribution in [0.15, 0.2) is 0 Å². The number of aryl methyl sites for hydroxylation is 1. The first kappa shape index (κ1) is 11.8. The first-order chi connectivity index (χ1) is 6.65. The highest BCUT2D eigenvalue weighted by Crippen LogP contribution is 2.23. The number of nitrogens with one attached hydrogen (secondary N) is 2. The molecule has 0 amide bonds. The highest BCUT2D eigenvalue weighted by atomic mass is 32.2. The Morgan fingerprint density at radius 3 is 2.27 bits per heavy atom. The summed E-state index contributed by atoms with van der Waals surface area (Å²) in [4.78, 5) is 0. The number of hydrogen-bond donors (Lipinski definition) is 3. The van der Waals surface area contributed by atoms with Crippen LogP contribution in [0.3, 0.4) is 0 Å². The minimum atomic E-state index is -3.47. The zero-order valence-electron chi connectivity index (χ0n) is 9.25. The normalized spacial score (nSPS) is 12.8. The van der Waals surface area contributed by atoms with E-state index in [4.69, 9.17) is 5.73 Å². The molecular weight excluding hydrogens is 216 g/mol. The van der Waals surface area contributed by atoms with Crippen LogP contribution < -0.4 is 10.5 Å². The summed E-state index contributed by atoms with van der Waals surface area (Å²) in [5.41, 5.74) is 6.59. The Morgan fingerprint density at radius 2 is 1.93 bits per heavy atom. The summed E-state index contributed by atoms with van der Waals surface area (Å²) in [6.45, 7) is 6.53. The number of aromatic nitrogens is 2.